The molecule has 6 nitrogen and oxygen atoms in total. The average molecular weight is 342 g/mol. The van der Waals surface area contributed by atoms with Gasteiger partial charge in [-0.15, -0.1) is 10.2 Å². The molecule has 2 amide bonds. The minimum absolute atomic E-state index is 0.00812. The number of para-hydroxylation sites is 1. The molecule has 2 heterocycles. The number of hydrogen-bond donors (Lipinski definition) is 1. The molecule has 1 aliphatic heterocycles. The van der Waals surface area contributed by atoms with Crippen LogP contribution in [0.15, 0.2) is 24.3 Å². The normalized spacial score (nSPS) is 17.3. The summed E-state index contributed by atoms with van der Waals surface area (Å²) in [6.45, 7) is 0.00812. The van der Waals surface area contributed by atoms with Crippen molar-refractivity contribution in [1.82, 2.24) is 10.2 Å². The van der Waals surface area contributed by atoms with Gasteiger partial charge in [0.1, 0.15) is 11.6 Å². The van der Waals surface area contributed by atoms with Crippen molar-refractivity contribution in [1.29, 1.82) is 0 Å². The third-order valence-electron chi connectivity index (χ3n) is 4.34. The predicted octanol–water partition coefficient (Wildman–Crippen LogP) is 2.72. The Morgan fingerprint density at radius 2 is 2.08 bits per heavy atom. The molecule has 0 radical (unpaired) electrons. The van der Waals surface area contributed by atoms with Crippen LogP contribution in [0.25, 0.3) is 0 Å². The summed E-state index contributed by atoms with van der Waals surface area (Å²) in [6.07, 6.45) is 4.45. The highest BCUT2D eigenvalue weighted by molar-refractivity contribution is 7.15. The second kappa shape index (κ2) is 6.32. The number of fused-ring (bicyclic) bond motifs is 1. The maximum atomic E-state index is 12.4. The fraction of sp³-hybridized carbons (Fsp3) is 0.412. The summed E-state index contributed by atoms with van der Waals surface area (Å²) in [5.74, 6) is 0.275. The summed E-state index contributed by atoms with van der Waals surface area (Å²) in [5, 5.41) is 12.4. The van der Waals surface area contributed by atoms with E-state index in [2.05, 4.69) is 15.5 Å². The van der Waals surface area contributed by atoms with E-state index >= 15 is 0 Å². The van der Waals surface area contributed by atoms with Gasteiger partial charge in [0.25, 0.3) is 0 Å². The number of rotatable bonds is 4. The molecule has 0 bridgehead atoms. The van der Waals surface area contributed by atoms with E-state index in [9.17, 15) is 9.59 Å². The van der Waals surface area contributed by atoms with Crippen molar-refractivity contribution >= 4 is 34.0 Å². The average Bonchev–Trinajstić information content (AvgIpc) is 3.35. The van der Waals surface area contributed by atoms with Gasteiger partial charge in [-0.05, 0) is 37.3 Å². The minimum Gasteiger partial charge on any atom is -0.303 e. The number of nitrogens with zero attached hydrogens (tertiary/aromatic N) is 3. The predicted molar refractivity (Wildman–Crippen MR) is 92.2 cm³/mol. The summed E-state index contributed by atoms with van der Waals surface area (Å²) >= 11 is 1.43. The summed E-state index contributed by atoms with van der Waals surface area (Å²) < 4.78 is 0. The fourth-order valence-corrected chi connectivity index (χ4v) is 3.87. The molecule has 124 valence electrons. The van der Waals surface area contributed by atoms with Crippen LogP contribution in [0.3, 0.4) is 0 Å². The van der Waals surface area contributed by atoms with Crippen LogP contribution >= 0.6 is 11.3 Å². The van der Waals surface area contributed by atoms with E-state index in [1.807, 2.05) is 24.3 Å². The number of hydrogen-bond acceptors (Lipinski definition) is 5. The van der Waals surface area contributed by atoms with Crippen LogP contribution in [0, 0.1) is 0 Å². The second-order valence-electron chi connectivity index (χ2n) is 6.23. The summed E-state index contributed by atoms with van der Waals surface area (Å²) in [4.78, 5) is 26.3. The Morgan fingerprint density at radius 3 is 2.92 bits per heavy atom. The van der Waals surface area contributed by atoms with Crippen LogP contribution in [0.2, 0.25) is 0 Å². The second-order valence-corrected chi connectivity index (χ2v) is 7.24. The lowest BCUT2D eigenvalue weighted by atomic mass is 10.1. The van der Waals surface area contributed by atoms with Gasteiger partial charge < -0.3 is 4.90 Å². The first-order chi connectivity index (χ1) is 11.7. The fourth-order valence-electron chi connectivity index (χ4n) is 2.94. The molecule has 1 fully saturated rings. The maximum Gasteiger partial charge on any atom is 0.246 e. The van der Waals surface area contributed by atoms with Crippen LogP contribution in [0.4, 0.5) is 10.8 Å². The largest absolute Gasteiger partial charge is 0.303 e. The lowest BCUT2D eigenvalue weighted by Gasteiger charge is -2.22. The van der Waals surface area contributed by atoms with Crippen molar-refractivity contribution < 1.29 is 9.59 Å². The Bertz CT molecular complexity index is 784. The maximum absolute atomic E-state index is 12.4. The Kier molecular flexibility index (Phi) is 4.02. The molecule has 1 aromatic heterocycles. The van der Waals surface area contributed by atoms with Gasteiger partial charge >= 0.3 is 0 Å². The number of aryl methyl sites for hydroxylation is 1. The van der Waals surface area contributed by atoms with Crippen molar-refractivity contribution in [3.63, 3.8) is 0 Å². The number of aromatic nitrogens is 2. The summed E-state index contributed by atoms with van der Waals surface area (Å²) in [7, 11) is 0. The molecule has 0 atom stereocenters. The first-order valence-electron chi connectivity index (χ1n) is 8.22. The highest BCUT2D eigenvalue weighted by atomic mass is 32.1. The zero-order chi connectivity index (χ0) is 16.5. The van der Waals surface area contributed by atoms with Crippen LogP contribution in [0.1, 0.15) is 42.2 Å². The number of carbonyl (C=O) groups is 2. The number of nitrogens with one attached hydrogen (secondary N) is 1. The van der Waals surface area contributed by atoms with Crippen LogP contribution < -0.4 is 10.2 Å². The van der Waals surface area contributed by atoms with E-state index < -0.39 is 0 Å². The molecule has 0 saturated heterocycles. The number of benzene rings is 1. The van der Waals surface area contributed by atoms with Gasteiger partial charge in [0.15, 0.2) is 0 Å². The molecule has 1 aromatic carbocycles. The molecule has 0 spiro atoms. The van der Waals surface area contributed by atoms with E-state index in [1.165, 1.54) is 11.3 Å². The van der Waals surface area contributed by atoms with Crippen molar-refractivity contribution in [2.45, 2.75) is 38.0 Å². The van der Waals surface area contributed by atoms with Gasteiger partial charge in [-0.25, -0.2) is 0 Å². The van der Waals surface area contributed by atoms with Crippen molar-refractivity contribution in [2.75, 3.05) is 16.8 Å². The highest BCUT2D eigenvalue weighted by Gasteiger charge is 2.28. The zero-order valence-electron chi connectivity index (χ0n) is 13.2. The van der Waals surface area contributed by atoms with E-state index in [0.717, 1.165) is 41.9 Å². The lowest BCUT2D eigenvalue weighted by Crippen LogP contribution is -2.37. The molecule has 1 saturated carbocycles. The topological polar surface area (TPSA) is 75.2 Å². The number of amides is 2. The number of carbonyl (C=O) groups excluding carboxylic acids is 2. The van der Waals surface area contributed by atoms with Crippen molar-refractivity contribution in [3.8, 4) is 0 Å². The van der Waals surface area contributed by atoms with Crippen molar-refractivity contribution in [2.24, 2.45) is 0 Å². The van der Waals surface area contributed by atoms with Gasteiger partial charge in [0.05, 0.1) is 0 Å². The first-order valence-corrected chi connectivity index (χ1v) is 9.04. The van der Waals surface area contributed by atoms with Gasteiger partial charge in [0.2, 0.25) is 16.9 Å². The van der Waals surface area contributed by atoms with Crippen LogP contribution in [0.5, 0.6) is 0 Å². The molecule has 7 heteroatoms. The van der Waals surface area contributed by atoms with E-state index in [4.69, 9.17) is 0 Å². The lowest BCUT2D eigenvalue weighted by molar-refractivity contribution is -0.121. The molecule has 4 rings (SSSR count). The summed E-state index contributed by atoms with van der Waals surface area (Å²) in [6, 6.07) is 7.79. The van der Waals surface area contributed by atoms with Crippen LogP contribution in [-0.4, -0.2) is 28.6 Å². The molecule has 1 aliphatic carbocycles. The molecule has 2 aliphatic rings. The molecule has 1 N–H and O–H groups in total. The van der Waals surface area contributed by atoms with E-state index in [1.54, 1.807) is 4.90 Å². The SMILES string of the molecule is O=C(CN1C(=O)CCCc2ccccc21)Nc1nnc(C2CC2)s1. The highest BCUT2D eigenvalue weighted by Crippen LogP contribution is 2.42. The van der Waals surface area contributed by atoms with E-state index in [0.29, 0.717) is 17.5 Å². The molecular formula is C17H18N4O2S. The molecule has 24 heavy (non-hydrogen) atoms. The van der Waals surface area contributed by atoms with Crippen LogP contribution in [-0.2, 0) is 16.0 Å². The third-order valence-corrected chi connectivity index (χ3v) is 5.34. The van der Waals surface area contributed by atoms with Crippen molar-refractivity contribution in [3.05, 3.63) is 34.8 Å². The molecule has 2 aromatic rings. The zero-order valence-corrected chi connectivity index (χ0v) is 14.0. The van der Waals surface area contributed by atoms with Gasteiger partial charge in [-0.2, -0.15) is 0 Å². The number of anilines is 2. The smallest absolute Gasteiger partial charge is 0.246 e. The molecule has 0 unspecified atom stereocenters. The minimum atomic E-state index is -0.237. The van der Waals surface area contributed by atoms with Gasteiger partial charge in [-0.3, -0.25) is 14.9 Å². The Balaban J connectivity index is 1.48. The Hall–Kier alpha value is -2.28. The monoisotopic (exact) mass is 342 g/mol. The van der Waals surface area contributed by atoms with Gasteiger partial charge in [-0.1, -0.05) is 29.5 Å². The third kappa shape index (κ3) is 3.17. The van der Waals surface area contributed by atoms with Gasteiger partial charge in [0, 0.05) is 18.0 Å². The standard InChI is InChI=1S/C17H18N4O2S/c22-14(18-17-20-19-16(24-17)12-8-9-12)10-21-13-6-2-1-4-11(13)5-3-7-15(21)23/h1-2,4,6,12H,3,5,7-10H2,(H,18,20,22). The summed E-state index contributed by atoms with van der Waals surface area (Å²) in [5.41, 5.74) is 1.95. The van der Waals surface area contributed by atoms with E-state index in [-0.39, 0.29) is 18.4 Å². The Morgan fingerprint density at radius 1 is 1.25 bits per heavy atom. The quantitative estimate of drug-likeness (QED) is 0.927. The first kappa shape index (κ1) is 15.3. The molecular weight excluding hydrogens is 324 g/mol. The Labute approximate surface area is 143 Å².